The van der Waals surface area contributed by atoms with E-state index in [0.29, 0.717) is 15.8 Å². The Kier molecular flexibility index (Phi) is 5.83. The highest BCUT2D eigenvalue weighted by atomic mass is 32.2. The van der Waals surface area contributed by atoms with Gasteiger partial charge in [-0.05, 0) is 42.5 Å². The van der Waals surface area contributed by atoms with Gasteiger partial charge in [-0.3, -0.25) is 9.69 Å². The molecule has 0 radical (unpaired) electrons. The number of nitrogens with zero attached hydrogens (tertiary/aromatic N) is 3. The zero-order valence-corrected chi connectivity index (χ0v) is 18.0. The number of carbonyl (C=O) groups is 1. The van der Waals surface area contributed by atoms with Crippen molar-refractivity contribution in [1.29, 1.82) is 0 Å². The molecule has 1 aromatic heterocycles. The number of likely N-dealkylation sites (N-methyl/N-ethyl adjacent to an activating group) is 1. The minimum absolute atomic E-state index is 0.100. The number of carbonyl (C=O) groups excluding carboxylic acids is 1. The Balaban J connectivity index is 1.76. The van der Waals surface area contributed by atoms with Crippen LogP contribution in [0.25, 0.3) is 23.0 Å². The zero-order chi connectivity index (χ0) is 21.1. The lowest BCUT2D eigenvalue weighted by molar-refractivity contribution is -0.121. The number of benzene rings is 2. The molecule has 5 nitrogen and oxygen atoms in total. The van der Waals surface area contributed by atoms with Gasteiger partial charge in [-0.25, -0.2) is 4.68 Å². The summed E-state index contributed by atoms with van der Waals surface area (Å²) in [6, 6.07) is 17.6. The van der Waals surface area contributed by atoms with Gasteiger partial charge in [0.15, 0.2) is 0 Å². The third-order valence-corrected chi connectivity index (χ3v) is 6.02. The largest absolute Gasteiger partial charge is 0.490 e. The van der Waals surface area contributed by atoms with Crippen molar-refractivity contribution in [2.75, 3.05) is 13.7 Å². The molecule has 0 saturated carbocycles. The number of para-hydroxylation sites is 1. The summed E-state index contributed by atoms with van der Waals surface area (Å²) >= 11 is 6.55. The Labute approximate surface area is 184 Å². The first-order valence-electron chi connectivity index (χ1n) is 9.27. The predicted molar refractivity (Wildman–Crippen MR) is 126 cm³/mol. The number of ether oxygens (including phenoxy) is 1. The fourth-order valence-electron chi connectivity index (χ4n) is 2.98. The van der Waals surface area contributed by atoms with Gasteiger partial charge in [-0.1, -0.05) is 54.8 Å². The zero-order valence-electron chi connectivity index (χ0n) is 16.3. The number of aromatic nitrogens is 2. The molecule has 2 aromatic carbocycles. The second-order valence-corrected chi connectivity index (χ2v) is 8.25. The molecule has 1 amide bonds. The van der Waals surface area contributed by atoms with E-state index < -0.39 is 0 Å². The smallest absolute Gasteiger partial charge is 0.265 e. The van der Waals surface area contributed by atoms with Crippen LogP contribution in [0.2, 0.25) is 0 Å². The van der Waals surface area contributed by atoms with Crippen molar-refractivity contribution in [2.45, 2.75) is 0 Å². The molecule has 3 aromatic rings. The molecule has 1 aliphatic heterocycles. The molecule has 0 atom stereocenters. The molecule has 0 bridgehead atoms. The molecule has 7 heteroatoms. The monoisotopic (exact) mass is 433 g/mol. The van der Waals surface area contributed by atoms with Gasteiger partial charge >= 0.3 is 0 Å². The second-order valence-electron chi connectivity index (χ2n) is 6.58. The summed E-state index contributed by atoms with van der Waals surface area (Å²) in [5.41, 5.74) is 3.48. The first-order chi connectivity index (χ1) is 14.6. The van der Waals surface area contributed by atoms with Crippen molar-refractivity contribution in [3.63, 3.8) is 0 Å². The lowest BCUT2D eigenvalue weighted by atomic mass is 10.1. The number of thioether (sulfide) groups is 1. The topological polar surface area (TPSA) is 47.4 Å². The fourth-order valence-corrected chi connectivity index (χ4v) is 4.15. The summed E-state index contributed by atoms with van der Waals surface area (Å²) < 4.78 is 7.94. The van der Waals surface area contributed by atoms with Crippen molar-refractivity contribution in [3.8, 4) is 22.7 Å². The second kappa shape index (κ2) is 8.69. The number of hydrogen-bond acceptors (Lipinski definition) is 5. The van der Waals surface area contributed by atoms with Gasteiger partial charge in [0.1, 0.15) is 16.7 Å². The summed E-state index contributed by atoms with van der Waals surface area (Å²) in [4.78, 5) is 14.6. The van der Waals surface area contributed by atoms with Gasteiger partial charge in [-0.15, -0.1) is 0 Å². The van der Waals surface area contributed by atoms with Crippen LogP contribution in [0.15, 0.2) is 78.4 Å². The van der Waals surface area contributed by atoms with Crippen molar-refractivity contribution in [1.82, 2.24) is 14.7 Å². The molecule has 1 saturated heterocycles. The summed E-state index contributed by atoms with van der Waals surface area (Å²) in [5, 5.41) is 4.80. The van der Waals surface area contributed by atoms with Crippen LogP contribution in [0, 0.1) is 0 Å². The lowest BCUT2D eigenvalue weighted by Crippen LogP contribution is -2.22. The van der Waals surface area contributed by atoms with E-state index in [-0.39, 0.29) is 5.91 Å². The Morgan fingerprint density at radius 2 is 1.90 bits per heavy atom. The Morgan fingerprint density at radius 3 is 2.53 bits per heavy atom. The first kappa shape index (κ1) is 20.1. The average molecular weight is 434 g/mol. The molecule has 150 valence electrons. The standard InChI is InChI=1S/C23H19N3O2S2/c1-3-13-28-19-11-9-16(10-12-19)21-17(14-20-22(27)25(2)23(29)30-20)15-26(24-21)18-7-5-4-6-8-18/h3-12,14-15H,1,13H2,2H3. The van der Waals surface area contributed by atoms with E-state index in [1.165, 1.54) is 16.7 Å². The number of rotatable bonds is 6. The van der Waals surface area contributed by atoms with E-state index in [4.69, 9.17) is 22.1 Å². The number of thiocarbonyl (C=S) groups is 1. The van der Waals surface area contributed by atoms with E-state index in [2.05, 4.69) is 6.58 Å². The van der Waals surface area contributed by atoms with Gasteiger partial charge < -0.3 is 4.74 Å². The van der Waals surface area contributed by atoms with E-state index in [1.54, 1.807) is 13.1 Å². The summed E-state index contributed by atoms with van der Waals surface area (Å²) in [6.07, 6.45) is 5.49. The highest BCUT2D eigenvalue weighted by Gasteiger charge is 2.29. The van der Waals surface area contributed by atoms with Crippen LogP contribution in [-0.2, 0) is 4.79 Å². The molecule has 1 fully saturated rings. The van der Waals surface area contributed by atoms with Crippen LogP contribution < -0.4 is 4.74 Å². The Hall–Kier alpha value is -3.16. The number of amides is 1. The molecule has 4 rings (SSSR count). The highest BCUT2D eigenvalue weighted by molar-refractivity contribution is 8.26. The summed E-state index contributed by atoms with van der Waals surface area (Å²) in [7, 11) is 1.69. The van der Waals surface area contributed by atoms with Gasteiger partial charge in [0, 0.05) is 24.4 Å². The van der Waals surface area contributed by atoms with Crippen molar-refractivity contribution >= 4 is 40.3 Å². The molecule has 0 aliphatic carbocycles. The maximum absolute atomic E-state index is 12.5. The van der Waals surface area contributed by atoms with Crippen molar-refractivity contribution in [2.24, 2.45) is 0 Å². The molecule has 0 spiro atoms. The van der Waals surface area contributed by atoms with Crippen molar-refractivity contribution < 1.29 is 9.53 Å². The van der Waals surface area contributed by atoms with Crippen LogP contribution in [0.4, 0.5) is 0 Å². The summed E-state index contributed by atoms with van der Waals surface area (Å²) in [5.74, 6) is 0.658. The minimum Gasteiger partial charge on any atom is -0.490 e. The van der Waals surface area contributed by atoms with Crippen LogP contribution in [0.3, 0.4) is 0 Å². The third-order valence-electron chi connectivity index (χ3n) is 4.53. The number of hydrogen-bond donors (Lipinski definition) is 0. The molecule has 1 aliphatic rings. The van der Waals surface area contributed by atoms with E-state index in [0.717, 1.165) is 28.3 Å². The predicted octanol–water partition coefficient (Wildman–Crippen LogP) is 4.94. The van der Waals surface area contributed by atoms with Gasteiger partial charge in [0.05, 0.1) is 16.3 Å². The molecule has 0 unspecified atom stereocenters. The maximum Gasteiger partial charge on any atom is 0.265 e. The van der Waals surface area contributed by atoms with Crippen LogP contribution in [0.5, 0.6) is 5.75 Å². The fraction of sp³-hybridized carbons (Fsp3) is 0.0870. The SMILES string of the molecule is C=CCOc1ccc(-c2nn(-c3ccccc3)cc2C=C2SC(=S)N(C)C2=O)cc1. The van der Waals surface area contributed by atoms with Crippen molar-refractivity contribution in [3.05, 3.63) is 83.9 Å². The normalized spacial score (nSPS) is 15.1. The Morgan fingerprint density at radius 1 is 1.17 bits per heavy atom. The van der Waals surface area contributed by atoms with Gasteiger partial charge in [-0.2, -0.15) is 5.10 Å². The average Bonchev–Trinajstić information content (AvgIpc) is 3.30. The van der Waals surface area contributed by atoms with Crippen LogP contribution in [0.1, 0.15) is 5.56 Å². The minimum atomic E-state index is -0.100. The molecule has 0 N–H and O–H groups in total. The quantitative estimate of drug-likeness (QED) is 0.313. The van der Waals surface area contributed by atoms with Gasteiger partial charge in [0.2, 0.25) is 0 Å². The third kappa shape index (κ3) is 4.08. The van der Waals surface area contributed by atoms with E-state index in [1.807, 2.05) is 71.6 Å². The molecular weight excluding hydrogens is 414 g/mol. The van der Waals surface area contributed by atoms with Gasteiger partial charge in [0.25, 0.3) is 5.91 Å². The van der Waals surface area contributed by atoms with E-state index >= 15 is 0 Å². The molecule has 2 heterocycles. The van der Waals surface area contributed by atoms with Crippen LogP contribution >= 0.6 is 24.0 Å². The highest BCUT2D eigenvalue weighted by Crippen LogP contribution is 2.34. The summed E-state index contributed by atoms with van der Waals surface area (Å²) in [6.45, 7) is 4.11. The Bertz CT molecular complexity index is 1140. The molecular formula is C23H19N3O2S2. The lowest BCUT2D eigenvalue weighted by Gasteiger charge is -2.05. The van der Waals surface area contributed by atoms with Crippen LogP contribution in [-0.4, -0.2) is 38.6 Å². The van der Waals surface area contributed by atoms with E-state index in [9.17, 15) is 4.79 Å². The maximum atomic E-state index is 12.5. The first-order valence-corrected chi connectivity index (χ1v) is 10.5. The molecule has 30 heavy (non-hydrogen) atoms.